The van der Waals surface area contributed by atoms with E-state index in [1.165, 1.54) is 18.2 Å². The Hall–Kier alpha value is -1.40. The van der Waals surface area contributed by atoms with Crippen LogP contribution in [0.2, 0.25) is 5.02 Å². The van der Waals surface area contributed by atoms with Crippen molar-refractivity contribution >= 4 is 29.1 Å². The second-order valence-electron chi connectivity index (χ2n) is 4.38. The molecular weight excluding hydrogens is 326 g/mol. The van der Waals surface area contributed by atoms with Crippen molar-refractivity contribution in [2.45, 2.75) is 22.9 Å². The smallest absolute Gasteiger partial charge is 0.396 e. The van der Waals surface area contributed by atoms with Gasteiger partial charge in [-0.2, -0.15) is 13.2 Å². The summed E-state index contributed by atoms with van der Waals surface area (Å²) >= 11 is 6.96. The van der Waals surface area contributed by atoms with Gasteiger partial charge in [0.2, 0.25) is 0 Å². The third-order valence-corrected chi connectivity index (χ3v) is 4.43. The first kappa shape index (κ1) is 16.0. The van der Waals surface area contributed by atoms with Crippen LogP contribution >= 0.6 is 23.4 Å². The number of halogens is 5. The SMILES string of the molecule is Cc1cc(N)c(F)cc1Sc1ccc(C(F)(F)F)cc1Cl. The molecule has 0 aliphatic rings. The number of rotatable bonds is 2. The quantitative estimate of drug-likeness (QED) is 0.576. The Morgan fingerprint density at radius 3 is 2.33 bits per heavy atom. The first-order chi connectivity index (χ1) is 9.68. The number of benzene rings is 2. The zero-order chi connectivity index (χ0) is 15.8. The van der Waals surface area contributed by atoms with Gasteiger partial charge in [0.05, 0.1) is 16.3 Å². The predicted octanol–water partition coefficient (Wildman–Crippen LogP) is 5.54. The highest BCUT2D eigenvalue weighted by Crippen LogP contribution is 2.39. The van der Waals surface area contributed by atoms with Gasteiger partial charge in [-0.25, -0.2) is 4.39 Å². The first-order valence-corrected chi connectivity index (χ1v) is 6.98. The molecule has 2 N–H and O–H groups in total. The number of hydrogen-bond acceptors (Lipinski definition) is 2. The second-order valence-corrected chi connectivity index (χ2v) is 5.88. The molecule has 0 amide bonds. The normalized spacial score (nSPS) is 11.7. The number of nitrogen functional groups attached to an aromatic ring is 1. The molecule has 21 heavy (non-hydrogen) atoms. The fourth-order valence-corrected chi connectivity index (χ4v) is 2.88. The van der Waals surface area contributed by atoms with Crippen LogP contribution in [-0.2, 0) is 6.18 Å². The van der Waals surface area contributed by atoms with Crippen molar-refractivity contribution in [2.24, 2.45) is 0 Å². The fraction of sp³-hybridized carbons (Fsp3) is 0.143. The van der Waals surface area contributed by atoms with E-state index in [4.69, 9.17) is 17.3 Å². The van der Waals surface area contributed by atoms with Crippen molar-refractivity contribution in [2.75, 3.05) is 5.73 Å². The zero-order valence-corrected chi connectivity index (χ0v) is 12.3. The number of aryl methyl sites for hydroxylation is 1. The lowest BCUT2D eigenvalue weighted by molar-refractivity contribution is -0.137. The molecule has 0 heterocycles. The zero-order valence-electron chi connectivity index (χ0n) is 10.8. The average Bonchev–Trinajstić information content (AvgIpc) is 2.36. The third kappa shape index (κ3) is 3.63. The summed E-state index contributed by atoms with van der Waals surface area (Å²) in [7, 11) is 0. The fourth-order valence-electron chi connectivity index (χ4n) is 1.67. The second kappa shape index (κ2) is 5.77. The van der Waals surface area contributed by atoms with E-state index < -0.39 is 17.6 Å². The minimum Gasteiger partial charge on any atom is -0.396 e. The molecule has 0 aliphatic heterocycles. The van der Waals surface area contributed by atoms with Crippen LogP contribution < -0.4 is 5.73 Å². The van der Waals surface area contributed by atoms with Crippen LogP contribution in [0.15, 0.2) is 40.1 Å². The van der Waals surface area contributed by atoms with Gasteiger partial charge in [-0.1, -0.05) is 23.4 Å². The van der Waals surface area contributed by atoms with Gasteiger partial charge in [-0.3, -0.25) is 0 Å². The number of alkyl halides is 3. The lowest BCUT2D eigenvalue weighted by atomic mass is 10.2. The Bertz CT molecular complexity index is 685. The topological polar surface area (TPSA) is 26.0 Å². The maximum atomic E-state index is 13.5. The lowest BCUT2D eigenvalue weighted by Gasteiger charge is -2.11. The first-order valence-electron chi connectivity index (χ1n) is 5.78. The summed E-state index contributed by atoms with van der Waals surface area (Å²) in [4.78, 5) is 0.959. The van der Waals surface area contributed by atoms with Crippen molar-refractivity contribution in [1.82, 2.24) is 0 Å². The molecule has 0 atom stereocenters. The molecule has 112 valence electrons. The Morgan fingerprint density at radius 2 is 1.76 bits per heavy atom. The Kier molecular flexibility index (Phi) is 4.39. The van der Waals surface area contributed by atoms with Crippen LogP contribution in [-0.4, -0.2) is 0 Å². The van der Waals surface area contributed by atoms with Gasteiger partial charge in [0, 0.05) is 9.79 Å². The van der Waals surface area contributed by atoms with Gasteiger partial charge in [-0.05, 0) is 42.8 Å². The number of hydrogen-bond donors (Lipinski definition) is 1. The van der Waals surface area contributed by atoms with E-state index in [1.54, 1.807) is 6.92 Å². The molecule has 0 bridgehead atoms. The Labute approximate surface area is 128 Å². The van der Waals surface area contributed by atoms with E-state index >= 15 is 0 Å². The maximum absolute atomic E-state index is 13.5. The molecule has 2 aromatic carbocycles. The molecular formula is C14H10ClF4NS. The summed E-state index contributed by atoms with van der Waals surface area (Å²) in [6.45, 7) is 1.73. The van der Waals surface area contributed by atoms with E-state index in [9.17, 15) is 17.6 Å². The van der Waals surface area contributed by atoms with Crippen LogP contribution in [0.3, 0.4) is 0 Å². The van der Waals surface area contributed by atoms with Gasteiger partial charge in [-0.15, -0.1) is 0 Å². The van der Waals surface area contributed by atoms with Gasteiger partial charge >= 0.3 is 6.18 Å². The van der Waals surface area contributed by atoms with E-state index in [0.29, 0.717) is 9.79 Å². The van der Waals surface area contributed by atoms with E-state index in [0.717, 1.165) is 29.5 Å². The molecule has 2 rings (SSSR count). The Morgan fingerprint density at radius 1 is 1.10 bits per heavy atom. The van der Waals surface area contributed by atoms with Gasteiger partial charge in [0.15, 0.2) is 0 Å². The van der Waals surface area contributed by atoms with Crippen LogP contribution in [0.4, 0.5) is 23.2 Å². The van der Waals surface area contributed by atoms with E-state index in [2.05, 4.69) is 0 Å². The molecule has 0 fully saturated rings. The van der Waals surface area contributed by atoms with Crippen LogP contribution in [0.25, 0.3) is 0 Å². The van der Waals surface area contributed by atoms with Crippen molar-refractivity contribution in [1.29, 1.82) is 0 Å². The van der Waals surface area contributed by atoms with Crippen molar-refractivity contribution in [3.05, 3.63) is 52.3 Å². The molecule has 0 aromatic heterocycles. The van der Waals surface area contributed by atoms with Crippen molar-refractivity contribution in [3.63, 3.8) is 0 Å². The molecule has 2 aromatic rings. The molecule has 0 unspecified atom stereocenters. The minimum atomic E-state index is -4.45. The Balaban J connectivity index is 2.35. The number of anilines is 1. The summed E-state index contributed by atoms with van der Waals surface area (Å²) in [5, 5.41) is -0.0357. The molecule has 0 aliphatic carbocycles. The summed E-state index contributed by atoms with van der Waals surface area (Å²) in [6.07, 6.45) is -4.45. The highest BCUT2D eigenvalue weighted by molar-refractivity contribution is 7.99. The molecule has 7 heteroatoms. The maximum Gasteiger partial charge on any atom is 0.416 e. The molecule has 0 spiro atoms. The van der Waals surface area contributed by atoms with Gasteiger partial charge in [0.25, 0.3) is 0 Å². The summed E-state index contributed by atoms with van der Waals surface area (Å²) in [5.41, 5.74) is 5.36. The highest BCUT2D eigenvalue weighted by Gasteiger charge is 2.30. The summed E-state index contributed by atoms with van der Waals surface area (Å²) in [6, 6.07) is 5.77. The van der Waals surface area contributed by atoms with Gasteiger partial charge in [0.1, 0.15) is 5.82 Å². The van der Waals surface area contributed by atoms with Crippen LogP contribution in [0, 0.1) is 12.7 Å². The lowest BCUT2D eigenvalue weighted by Crippen LogP contribution is -2.04. The van der Waals surface area contributed by atoms with Gasteiger partial charge < -0.3 is 5.73 Å². The molecule has 1 nitrogen and oxygen atoms in total. The van der Waals surface area contributed by atoms with Crippen LogP contribution in [0.5, 0.6) is 0 Å². The summed E-state index contributed by atoms with van der Waals surface area (Å²) < 4.78 is 51.1. The summed E-state index contributed by atoms with van der Waals surface area (Å²) in [5.74, 6) is -0.578. The third-order valence-electron chi connectivity index (χ3n) is 2.77. The van der Waals surface area contributed by atoms with E-state index in [-0.39, 0.29) is 10.7 Å². The standard InChI is InChI=1S/C14H10ClF4NS/c1-7-4-11(20)10(16)6-13(7)21-12-3-2-8(5-9(12)15)14(17,18)19/h2-6H,20H2,1H3. The number of nitrogens with two attached hydrogens (primary N) is 1. The van der Waals surface area contributed by atoms with Crippen molar-refractivity contribution in [3.8, 4) is 0 Å². The van der Waals surface area contributed by atoms with Crippen molar-refractivity contribution < 1.29 is 17.6 Å². The molecule has 0 saturated carbocycles. The van der Waals surface area contributed by atoms with Crippen LogP contribution in [0.1, 0.15) is 11.1 Å². The van der Waals surface area contributed by atoms with E-state index in [1.807, 2.05) is 0 Å². The predicted molar refractivity (Wildman–Crippen MR) is 76.1 cm³/mol. The largest absolute Gasteiger partial charge is 0.416 e. The monoisotopic (exact) mass is 335 g/mol. The highest BCUT2D eigenvalue weighted by atomic mass is 35.5. The molecule has 0 saturated heterocycles. The average molecular weight is 336 g/mol. The molecule has 0 radical (unpaired) electrons. The minimum absolute atomic E-state index is 0.0235.